The molecule has 114 valence electrons. The molecule has 0 bridgehead atoms. The number of rotatable bonds is 8. The van der Waals surface area contributed by atoms with Crippen LogP contribution in [0, 0.1) is 28.4 Å². The first-order chi connectivity index (χ1) is 9.91. The van der Waals surface area contributed by atoms with Gasteiger partial charge in [0, 0.05) is 12.5 Å². The molecule has 1 rings (SSSR count). The first-order valence-electron chi connectivity index (χ1n) is 6.96. The summed E-state index contributed by atoms with van der Waals surface area (Å²) >= 11 is 0. The highest BCUT2D eigenvalue weighted by atomic mass is 16.6. The largest absolute Gasteiger partial charge is 0.493 e. The van der Waals surface area contributed by atoms with Crippen LogP contribution in [0.4, 0.5) is 5.69 Å². The maximum absolute atomic E-state index is 10.8. The number of ether oxygens (including phenoxy) is 1. The zero-order valence-electron chi connectivity index (χ0n) is 12.7. The van der Waals surface area contributed by atoms with Gasteiger partial charge in [0.2, 0.25) is 0 Å². The number of nitro benzene ring substituents is 1. The summed E-state index contributed by atoms with van der Waals surface area (Å²) < 4.78 is 5.61. The fraction of sp³-hybridized carbons (Fsp3) is 0.533. The lowest BCUT2D eigenvalue weighted by Crippen LogP contribution is -2.42. The second-order valence-electron chi connectivity index (χ2n) is 5.18. The molecule has 6 nitrogen and oxygen atoms in total. The summed E-state index contributed by atoms with van der Waals surface area (Å²) in [7, 11) is 0. The minimum Gasteiger partial charge on any atom is -0.493 e. The molecule has 0 saturated heterocycles. The summed E-state index contributed by atoms with van der Waals surface area (Å²) in [4.78, 5) is 10.3. The number of nitriles is 1. The quantitative estimate of drug-likeness (QED) is 0.587. The molecule has 6 heteroatoms. The standard InChI is InChI=1S/C15H21N3O3/c1-4-8-17-15(3,11-16)7-9-21-14-10-13(18(19)20)6-5-12(14)2/h5-6,10,17H,4,7-9H2,1-3H3. The Morgan fingerprint density at radius 1 is 1.52 bits per heavy atom. The number of nitrogens with zero attached hydrogens (tertiary/aromatic N) is 2. The molecular formula is C15H21N3O3. The summed E-state index contributed by atoms with van der Waals surface area (Å²) in [6.45, 7) is 6.78. The molecule has 0 aliphatic carbocycles. The molecule has 0 heterocycles. The molecule has 0 aliphatic rings. The van der Waals surface area contributed by atoms with Crippen molar-refractivity contribution >= 4 is 5.69 Å². The van der Waals surface area contributed by atoms with Crippen molar-refractivity contribution in [1.29, 1.82) is 5.26 Å². The maximum Gasteiger partial charge on any atom is 0.273 e. The van der Waals surface area contributed by atoms with E-state index in [1.165, 1.54) is 12.1 Å². The molecule has 1 unspecified atom stereocenters. The highest BCUT2D eigenvalue weighted by molar-refractivity contribution is 5.43. The van der Waals surface area contributed by atoms with Gasteiger partial charge in [-0.2, -0.15) is 5.26 Å². The highest BCUT2D eigenvalue weighted by Crippen LogP contribution is 2.24. The molecule has 0 spiro atoms. The number of hydrogen-bond acceptors (Lipinski definition) is 5. The van der Waals surface area contributed by atoms with Gasteiger partial charge in [-0.1, -0.05) is 6.92 Å². The lowest BCUT2D eigenvalue weighted by molar-refractivity contribution is -0.384. The van der Waals surface area contributed by atoms with Crippen LogP contribution >= 0.6 is 0 Å². The van der Waals surface area contributed by atoms with Crippen LogP contribution in [0.15, 0.2) is 18.2 Å². The minimum atomic E-state index is -0.648. The van der Waals surface area contributed by atoms with Gasteiger partial charge in [-0.15, -0.1) is 0 Å². The van der Waals surface area contributed by atoms with E-state index in [1.807, 2.05) is 20.8 Å². The van der Waals surface area contributed by atoms with E-state index in [2.05, 4.69) is 11.4 Å². The van der Waals surface area contributed by atoms with Gasteiger partial charge in [0.25, 0.3) is 5.69 Å². The van der Waals surface area contributed by atoms with Crippen LogP contribution in [0.5, 0.6) is 5.75 Å². The van der Waals surface area contributed by atoms with Crippen molar-refractivity contribution in [3.8, 4) is 11.8 Å². The van der Waals surface area contributed by atoms with Crippen molar-refractivity contribution in [3.05, 3.63) is 33.9 Å². The molecule has 0 amide bonds. The summed E-state index contributed by atoms with van der Waals surface area (Å²) in [5.74, 6) is 0.486. The number of benzene rings is 1. The van der Waals surface area contributed by atoms with Crippen molar-refractivity contribution < 1.29 is 9.66 Å². The van der Waals surface area contributed by atoms with Gasteiger partial charge >= 0.3 is 0 Å². The van der Waals surface area contributed by atoms with Crippen molar-refractivity contribution in [2.24, 2.45) is 0 Å². The van der Waals surface area contributed by atoms with Gasteiger partial charge in [-0.05, 0) is 38.4 Å². The molecule has 0 aromatic heterocycles. The van der Waals surface area contributed by atoms with Gasteiger partial charge in [0.1, 0.15) is 11.3 Å². The van der Waals surface area contributed by atoms with E-state index in [-0.39, 0.29) is 5.69 Å². The third-order valence-electron chi connectivity index (χ3n) is 3.25. The summed E-state index contributed by atoms with van der Waals surface area (Å²) in [5.41, 5.74) is 0.188. The Kier molecular flexibility index (Phi) is 6.12. The smallest absolute Gasteiger partial charge is 0.273 e. The Balaban J connectivity index is 2.65. The second-order valence-corrected chi connectivity index (χ2v) is 5.18. The Labute approximate surface area is 124 Å². The van der Waals surface area contributed by atoms with Crippen LogP contribution < -0.4 is 10.1 Å². The molecule has 1 aromatic rings. The molecule has 1 N–H and O–H groups in total. The second kappa shape index (κ2) is 7.60. The fourth-order valence-corrected chi connectivity index (χ4v) is 1.81. The number of nitro groups is 1. The Hall–Kier alpha value is -2.13. The summed E-state index contributed by atoms with van der Waals surface area (Å²) in [6, 6.07) is 6.77. The van der Waals surface area contributed by atoms with Gasteiger partial charge in [0.05, 0.1) is 23.7 Å². The van der Waals surface area contributed by atoms with Crippen LogP contribution in [0.25, 0.3) is 0 Å². The molecule has 0 aliphatic heterocycles. The molecule has 0 saturated carbocycles. The van der Waals surface area contributed by atoms with Gasteiger partial charge in [-0.3, -0.25) is 15.4 Å². The van der Waals surface area contributed by atoms with Crippen LogP contribution in [-0.2, 0) is 0 Å². The van der Waals surface area contributed by atoms with Gasteiger partial charge < -0.3 is 4.74 Å². The van der Waals surface area contributed by atoms with Crippen LogP contribution in [-0.4, -0.2) is 23.6 Å². The number of aryl methyl sites for hydroxylation is 1. The van der Waals surface area contributed by atoms with Crippen molar-refractivity contribution in [1.82, 2.24) is 5.32 Å². The van der Waals surface area contributed by atoms with Crippen LogP contribution in [0.2, 0.25) is 0 Å². The van der Waals surface area contributed by atoms with Gasteiger partial charge in [-0.25, -0.2) is 0 Å². The summed E-state index contributed by atoms with van der Waals surface area (Å²) in [6.07, 6.45) is 1.45. The molecule has 1 atom stereocenters. The molecule has 0 fully saturated rings. The summed E-state index contributed by atoms with van der Waals surface area (Å²) in [5, 5.41) is 23.2. The molecule has 21 heavy (non-hydrogen) atoms. The third-order valence-corrected chi connectivity index (χ3v) is 3.25. The number of hydrogen-bond donors (Lipinski definition) is 1. The van der Waals surface area contributed by atoms with Crippen molar-refractivity contribution in [3.63, 3.8) is 0 Å². The fourth-order valence-electron chi connectivity index (χ4n) is 1.81. The van der Waals surface area contributed by atoms with E-state index in [0.717, 1.165) is 18.5 Å². The van der Waals surface area contributed by atoms with Crippen molar-refractivity contribution in [2.45, 2.75) is 39.2 Å². The van der Waals surface area contributed by atoms with E-state index in [9.17, 15) is 15.4 Å². The molecule has 0 radical (unpaired) electrons. The average molecular weight is 291 g/mol. The van der Waals surface area contributed by atoms with Gasteiger partial charge in [0.15, 0.2) is 0 Å². The third kappa shape index (κ3) is 5.04. The Morgan fingerprint density at radius 3 is 2.81 bits per heavy atom. The predicted molar refractivity (Wildman–Crippen MR) is 80.3 cm³/mol. The van der Waals surface area contributed by atoms with Crippen LogP contribution in [0.1, 0.15) is 32.3 Å². The number of non-ortho nitro benzene ring substituents is 1. The molecule has 1 aromatic carbocycles. The lowest BCUT2D eigenvalue weighted by Gasteiger charge is -2.23. The predicted octanol–water partition coefficient (Wildman–Crippen LogP) is 2.95. The average Bonchev–Trinajstić information content (AvgIpc) is 2.47. The highest BCUT2D eigenvalue weighted by Gasteiger charge is 2.22. The number of nitrogens with one attached hydrogen (secondary N) is 1. The first-order valence-corrected chi connectivity index (χ1v) is 6.96. The first kappa shape index (κ1) is 16.9. The molecular weight excluding hydrogens is 270 g/mol. The Bertz CT molecular complexity index is 539. The van der Waals surface area contributed by atoms with Crippen LogP contribution in [0.3, 0.4) is 0 Å². The lowest BCUT2D eigenvalue weighted by atomic mass is 10.0. The monoisotopic (exact) mass is 291 g/mol. The Morgan fingerprint density at radius 2 is 2.24 bits per heavy atom. The van der Waals surface area contributed by atoms with E-state index >= 15 is 0 Å². The zero-order chi connectivity index (χ0) is 15.9. The maximum atomic E-state index is 10.8. The van der Waals surface area contributed by atoms with E-state index in [0.29, 0.717) is 18.8 Å². The SMILES string of the molecule is CCCNC(C)(C#N)CCOc1cc([N+](=O)[O-])ccc1C. The van der Waals surface area contributed by atoms with Crippen molar-refractivity contribution in [2.75, 3.05) is 13.2 Å². The topological polar surface area (TPSA) is 88.2 Å². The van der Waals surface area contributed by atoms with E-state index < -0.39 is 10.5 Å². The van der Waals surface area contributed by atoms with E-state index in [4.69, 9.17) is 4.74 Å². The normalized spacial score (nSPS) is 13.2. The minimum absolute atomic E-state index is 0.00255. The zero-order valence-corrected chi connectivity index (χ0v) is 12.7. The van der Waals surface area contributed by atoms with E-state index in [1.54, 1.807) is 6.07 Å².